The third-order valence-corrected chi connectivity index (χ3v) is 3.73. The van der Waals surface area contributed by atoms with Gasteiger partial charge >= 0.3 is 0 Å². The lowest BCUT2D eigenvalue weighted by atomic mass is 9.93. The van der Waals surface area contributed by atoms with E-state index in [2.05, 4.69) is 47.8 Å². The molecule has 1 nitrogen and oxygen atoms in total. The molecule has 0 heterocycles. The zero-order valence-corrected chi connectivity index (χ0v) is 9.66. The van der Waals surface area contributed by atoms with Crippen LogP contribution < -0.4 is 5.32 Å². The molecule has 0 spiro atoms. The van der Waals surface area contributed by atoms with Gasteiger partial charge in [0.1, 0.15) is 0 Å². The van der Waals surface area contributed by atoms with Gasteiger partial charge in [0.15, 0.2) is 0 Å². The first-order valence-corrected chi connectivity index (χ1v) is 5.98. The summed E-state index contributed by atoms with van der Waals surface area (Å²) in [5.74, 6) is 0. The third-order valence-electron chi connectivity index (χ3n) is 3.73. The highest BCUT2D eigenvalue weighted by Gasteiger charge is 2.43. The van der Waals surface area contributed by atoms with Crippen molar-refractivity contribution < 1.29 is 0 Å². The quantitative estimate of drug-likeness (QED) is 0.822. The molecule has 82 valence electrons. The SMILES string of the molecule is CNCC1(c2ccc3ccccc3c2)CC1. The van der Waals surface area contributed by atoms with Crippen LogP contribution in [0.1, 0.15) is 18.4 Å². The molecule has 1 N–H and O–H groups in total. The van der Waals surface area contributed by atoms with E-state index in [0.717, 1.165) is 6.54 Å². The van der Waals surface area contributed by atoms with E-state index in [9.17, 15) is 0 Å². The fourth-order valence-electron chi connectivity index (χ4n) is 2.58. The molecule has 0 aromatic heterocycles. The molecular formula is C15H17N. The summed E-state index contributed by atoms with van der Waals surface area (Å²) < 4.78 is 0. The summed E-state index contributed by atoms with van der Waals surface area (Å²) in [5, 5.41) is 6.02. The van der Waals surface area contributed by atoms with Crippen LogP contribution in [0.5, 0.6) is 0 Å². The van der Waals surface area contributed by atoms with Crippen LogP contribution in [0.2, 0.25) is 0 Å². The van der Waals surface area contributed by atoms with Gasteiger partial charge in [-0.05, 0) is 36.2 Å². The van der Waals surface area contributed by atoms with Crippen LogP contribution in [0.4, 0.5) is 0 Å². The van der Waals surface area contributed by atoms with Crippen molar-refractivity contribution in [3.63, 3.8) is 0 Å². The predicted octanol–water partition coefficient (Wildman–Crippen LogP) is 3.09. The van der Waals surface area contributed by atoms with Gasteiger partial charge in [0, 0.05) is 12.0 Å². The second-order valence-corrected chi connectivity index (χ2v) is 4.87. The van der Waals surface area contributed by atoms with E-state index in [1.807, 2.05) is 7.05 Å². The Morgan fingerprint density at radius 1 is 1.06 bits per heavy atom. The third kappa shape index (κ3) is 1.52. The van der Waals surface area contributed by atoms with Gasteiger partial charge in [-0.2, -0.15) is 0 Å². The van der Waals surface area contributed by atoms with E-state index in [1.54, 1.807) is 0 Å². The topological polar surface area (TPSA) is 12.0 Å². The minimum atomic E-state index is 0.429. The van der Waals surface area contributed by atoms with Crippen LogP contribution in [0.15, 0.2) is 42.5 Å². The normalized spacial score (nSPS) is 17.6. The van der Waals surface area contributed by atoms with Crippen molar-refractivity contribution in [3.05, 3.63) is 48.0 Å². The van der Waals surface area contributed by atoms with E-state index in [4.69, 9.17) is 0 Å². The lowest BCUT2D eigenvalue weighted by Gasteiger charge is -2.15. The lowest BCUT2D eigenvalue weighted by Crippen LogP contribution is -2.23. The van der Waals surface area contributed by atoms with E-state index in [-0.39, 0.29) is 0 Å². The van der Waals surface area contributed by atoms with Crippen molar-refractivity contribution >= 4 is 10.8 Å². The molecule has 1 saturated carbocycles. The highest BCUT2D eigenvalue weighted by atomic mass is 14.8. The molecule has 1 fully saturated rings. The van der Waals surface area contributed by atoms with Crippen molar-refractivity contribution in [2.24, 2.45) is 0 Å². The Bertz CT molecular complexity index is 512. The monoisotopic (exact) mass is 211 g/mol. The van der Waals surface area contributed by atoms with Crippen LogP contribution in [0.3, 0.4) is 0 Å². The molecule has 0 atom stereocenters. The molecule has 0 aliphatic heterocycles. The summed E-state index contributed by atoms with van der Waals surface area (Å²) in [4.78, 5) is 0. The number of nitrogens with one attached hydrogen (secondary N) is 1. The van der Waals surface area contributed by atoms with Crippen LogP contribution in [0.25, 0.3) is 10.8 Å². The van der Waals surface area contributed by atoms with Crippen molar-refractivity contribution in [2.75, 3.05) is 13.6 Å². The summed E-state index contributed by atoms with van der Waals surface area (Å²) in [6.07, 6.45) is 2.65. The van der Waals surface area contributed by atoms with Gasteiger partial charge in [-0.25, -0.2) is 0 Å². The molecule has 0 amide bonds. The Morgan fingerprint density at radius 3 is 2.50 bits per heavy atom. The fourth-order valence-corrected chi connectivity index (χ4v) is 2.58. The second kappa shape index (κ2) is 3.60. The van der Waals surface area contributed by atoms with Crippen LogP contribution >= 0.6 is 0 Å². The molecule has 2 aromatic rings. The summed E-state index contributed by atoms with van der Waals surface area (Å²) in [5.41, 5.74) is 1.93. The molecule has 1 aliphatic rings. The first kappa shape index (κ1) is 9.86. The van der Waals surface area contributed by atoms with Crippen molar-refractivity contribution in [3.8, 4) is 0 Å². The Labute approximate surface area is 96.5 Å². The van der Waals surface area contributed by atoms with Gasteiger partial charge in [-0.3, -0.25) is 0 Å². The Kier molecular flexibility index (Phi) is 2.22. The minimum Gasteiger partial charge on any atom is -0.319 e. The number of benzene rings is 2. The highest BCUT2D eigenvalue weighted by Crippen LogP contribution is 2.48. The summed E-state index contributed by atoms with van der Waals surface area (Å²) in [7, 11) is 2.04. The maximum absolute atomic E-state index is 3.32. The first-order valence-electron chi connectivity index (χ1n) is 5.98. The number of hydrogen-bond donors (Lipinski definition) is 1. The van der Waals surface area contributed by atoms with Gasteiger partial charge < -0.3 is 5.32 Å². The predicted molar refractivity (Wildman–Crippen MR) is 68.8 cm³/mol. The zero-order chi connectivity index (χ0) is 11.0. The van der Waals surface area contributed by atoms with E-state index < -0.39 is 0 Å². The average Bonchev–Trinajstić information content (AvgIpc) is 3.10. The van der Waals surface area contributed by atoms with Gasteiger partial charge in [-0.1, -0.05) is 42.5 Å². The van der Waals surface area contributed by atoms with E-state index in [0.29, 0.717) is 5.41 Å². The molecule has 0 bridgehead atoms. The molecular weight excluding hydrogens is 194 g/mol. The maximum atomic E-state index is 3.32. The highest BCUT2D eigenvalue weighted by molar-refractivity contribution is 5.83. The zero-order valence-electron chi connectivity index (χ0n) is 9.66. The van der Waals surface area contributed by atoms with Crippen LogP contribution in [-0.2, 0) is 5.41 Å². The standard InChI is InChI=1S/C15H17N/c1-16-11-15(8-9-15)14-7-6-12-4-2-3-5-13(12)10-14/h2-7,10,16H,8-9,11H2,1H3. The first-order chi connectivity index (χ1) is 7.84. The summed E-state index contributed by atoms with van der Waals surface area (Å²) in [6, 6.07) is 15.5. The average molecular weight is 211 g/mol. The number of rotatable bonds is 3. The lowest BCUT2D eigenvalue weighted by molar-refractivity contribution is 0.625. The molecule has 1 heteroatoms. The van der Waals surface area contributed by atoms with Gasteiger partial charge in [-0.15, -0.1) is 0 Å². The summed E-state index contributed by atoms with van der Waals surface area (Å²) in [6.45, 7) is 1.10. The van der Waals surface area contributed by atoms with E-state index in [1.165, 1.54) is 29.2 Å². The fraction of sp³-hybridized carbons (Fsp3) is 0.333. The van der Waals surface area contributed by atoms with Gasteiger partial charge in [0.25, 0.3) is 0 Å². The molecule has 1 aliphatic carbocycles. The second-order valence-electron chi connectivity index (χ2n) is 4.87. The number of fused-ring (bicyclic) bond motifs is 1. The van der Waals surface area contributed by atoms with Crippen molar-refractivity contribution in [2.45, 2.75) is 18.3 Å². The Morgan fingerprint density at radius 2 is 1.81 bits per heavy atom. The van der Waals surface area contributed by atoms with Crippen LogP contribution in [0, 0.1) is 0 Å². The smallest absolute Gasteiger partial charge is 0.00785 e. The van der Waals surface area contributed by atoms with Gasteiger partial charge in [0.2, 0.25) is 0 Å². The molecule has 2 aromatic carbocycles. The molecule has 16 heavy (non-hydrogen) atoms. The molecule has 0 saturated heterocycles. The largest absolute Gasteiger partial charge is 0.319 e. The van der Waals surface area contributed by atoms with Crippen LogP contribution in [-0.4, -0.2) is 13.6 Å². The molecule has 0 unspecified atom stereocenters. The molecule has 0 radical (unpaired) electrons. The minimum absolute atomic E-state index is 0.429. The number of hydrogen-bond acceptors (Lipinski definition) is 1. The Hall–Kier alpha value is -1.34. The van der Waals surface area contributed by atoms with Crippen molar-refractivity contribution in [1.82, 2.24) is 5.32 Å². The van der Waals surface area contributed by atoms with Crippen molar-refractivity contribution in [1.29, 1.82) is 0 Å². The van der Waals surface area contributed by atoms with Gasteiger partial charge in [0.05, 0.1) is 0 Å². The molecule has 3 rings (SSSR count). The number of likely N-dealkylation sites (N-methyl/N-ethyl adjacent to an activating group) is 1. The summed E-state index contributed by atoms with van der Waals surface area (Å²) >= 11 is 0. The Balaban J connectivity index is 2.05. The maximum Gasteiger partial charge on any atom is 0.00785 e. The van der Waals surface area contributed by atoms with E-state index >= 15 is 0 Å².